The summed E-state index contributed by atoms with van der Waals surface area (Å²) in [5, 5.41) is 20.1. The third-order valence-corrected chi connectivity index (χ3v) is 2.48. The quantitative estimate of drug-likeness (QED) is 0.445. The molecule has 0 fully saturated rings. The van der Waals surface area contributed by atoms with Crippen molar-refractivity contribution in [2.75, 3.05) is 6.54 Å². The van der Waals surface area contributed by atoms with E-state index >= 15 is 0 Å². The van der Waals surface area contributed by atoms with Gasteiger partial charge in [-0.1, -0.05) is 24.3 Å². The Morgan fingerprint density at radius 1 is 0.952 bits per heavy atom. The normalized spacial score (nSPS) is 8.76. The molecule has 2 rings (SSSR count). The maximum absolute atomic E-state index is 9.77. The standard InChI is InChI=1S/C9H10NO2.C7H7O.Y/c11-7-10-6-5-8-1-3-9(12)4-2-8;1-6-2-4-7(8)5-3-6;/h1-4,12H,5-6H2,(H,10,11);2-5,8H,1H2;/q2*-1;. The monoisotopic (exact) mass is 360 g/mol. The van der Waals surface area contributed by atoms with Crippen LogP contribution in [0.25, 0.3) is 0 Å². The summed E-state index contributed by atoms with van der Waals surface area (Å²) < 4.78 is 0. The Labute approximate surface area is 150 Å². The Morgan fingerprint density at radius 2 is 1.43 bits per heavy atom. The molecule has 2 aromatic rings. The molecule has 1 radical (unpaired) electrons. The van der Waals surface area contributed by atoms with Gasteiger partial charge in [-0.05, 0) is 30.7 Å². The first kappa shape index (κ1) is 19.5. The third kappa shape index (κ3) is 9.11. The molecule has 0 bridgehead atoms. The van der Waals surface area contributed by atoms with Crippen LogP contribution in [0.2, 0.25) is 0 Å². The molecule has 2 aromatic carbocycles. The van der Waals surface area contributed by atoms with E-state index in [0.29, 0.717) is 6.54 Å². The van der Waals surface area contributed by atoms with E-state index in [1.807, 2.05) is 12.1 Å². The van der Waals surface area contributed by atoms with E-state index in [1.165, 1.54) is 0 Å². The second-order valence-corrected chi connectivity index (χ2v) is 4.11. The summed E-state index contributed by atoms with van der Waals surface area (Å²) in [4.78, 5) is 9.77. The molecule has 0 saturated heterocycles. The number of hydrogen-bond donors (Lipinski definition) is 3. The smallest absolute Gasteiger partial charge is 0.115 e. The van der Waals surface area contributed by atoms with E-state index in [2.05, 4.69) is 12.2 Å². The van der Waals surface area contributed by atoms with Crippen molar-refractivity contribution in [1.82, 2.24) is 5.32 Å². The summed E-state index contributed by atoms with van der Waals surface area (Å²) in [6.45, 7) is 4.23. The fourth-order valence-electron chi connectivity index (χ4n) is 1.42. The van der Waals surface area contributed by atoms with Crippen molar-refractivity contribution in [3.63, 3.8) is 0 Å². The van der Waals surface area contributed by atoms with Crippen LogP contribution in [-0.2, 0) is 43.9 Å². The van der Waals surface area contributed by atoms with Crippen molar-refractivity contribution in [2.45, 2.75) is 6.42 Å². The number of carbonyl (C=O) groups excluding carboxylic acids is 1. The van der Waals surface area contributed by atoms with Gasteiger partial charge in [-0.15, -0.1) is 0 Å². The third-order valence-electron chi connectivity index (χ3n) is 2.48. The molecule has 0 heterocycles. The number of aromatic hydroxyl groups is 2. The first-order chi connectivity index (χ1) is 9.61. The Morgan fingerprint density at radius 3 is 1.86 bits per heavy atom. The average Bonchev–Trinajstić information content (AvgIpc) is 2.45. The molecule has 0 saturated carbocycles. The Bertz CT molecular complexity index is 491. The van der Waals surface area contributed by atoms with E-state index in [-0.39, 0.29) is 44.2 Å². The molecule has 21 heavy (non-hydrogen) atoms. The van der Waals surface area contributed by atoms with Gasteiger partial charge in [0.15, 0.2) is 0 Å². The molecular weight excluding hydrogens is 343 g/mol. The van der Waals surface area contributed by atoms with Gasteiger partial charge in [0.05, 0.1) is 5.75 Å². The molecule has 5 heteroatoms. The summed E-state index contributed by atoms with van der Waals surface area (Å²) >= 11 is 0. The summed E-state index contributed by atoms with van der Waals surface area (Å²) in [6.07, 6.45) is 2.36. The number of nitrogens with one attached hydrogen (secondary N) is 1. The molecule has 4 nitrogen and oxygen atoms in total. The zero-order valence-electron chi connectivity index (χ0n) is 11.6. The van der Waals surface area contributed by atoms with Gasteiger partial charge in [-0.2, -0.15) is 31.0 Å². The number of amides is 1. The van der Waals surface area contributed by atoms with Crippen LogP contribution in [0, 0.1) is 6.92 Å². The molecule has 0 aliphatic carbocycles. The van der Waals surface area contributed by atoms with Crippen molar-refractivity contribution >= 4 is 6.41 Å². The first-order valence-corrected chi connectivity index (χ1v) is 6.10. The maximum Gasteiger partial charge on any atom is 0.115 e. The van der Waals surface area contributed by atoms with Gasteiger partial charge in [0.25, 0.3) is 0 Å². The molecule has 3 N–H and O–H groups in total. The molecule has 1 amide bonds. The van der Waals surface area contributed by atoms with Crippen molar-refractivity contribution in [2.24, 2.45) is 0 Å². The number of hydrogen-bond acceptors (Lipinski definition) is 3. The summed E-state index contributed by atoms with van der Waals surface area (Å²) in [6, 6.07) is 13.6. The SMILES string of the molecule is O=[C-]NCCc1ccc(O)cc1.[CH2-]c1ccc(O)cc1.[Y]. The Hall–Kier alpha value is -1.52. The molecule has 0 spiro atoms. The van der Waals surface area contributed by atoms with E-state index in [4.69, 9.17) is 10.2 Å². The van der Waals surface area contributed by atoms with Crippen molar-refractivity contribution < 1.29 is 47.7 Å². The van der Waals surface area contributed by atoms with Gasteiger partial charge in [0, 0.05) is 32.7 Å². The van der Waals surface area contributed by atoms with E-state index < -0.39 is 0 Å². The predicted octanol–water partition coefficient (Wildman–Crippen LogP) is 2.16. The zero-order valence-corrected chi connectivity index (χ0v) is 14.5. The second kappa shape index (κ2) is 11.2. The van der Waals surface area contributed by atoms with Crippen LogP contribution in [0.15, 0.2) is 48.5 Å². The van der Waals surface area contributed by atoms with Gasteiger partial charge in [-0.25, -0.2) is 0 Å². The summed E-state index contributed by atoms with van der Waals surface area (Å²) in [5.74, 6) is 0.547. The van der Waals surface area contributed by atoms with Gasteiger partial charge >= 0.3 is 0 Å². The molecule has 0 aliphatic rings. The minimum atomic E-state index is 0. The number of benzene rings is 2. The van der Waals surface area contributed by atoms with Gasteiger partial charge in [-0.3, -0.25) is 0 Å². The molecule has 0 aliphatic heterocycles. The van der Waals surface area contributed by atoms with E-state index in [1.54, 1.807) is 42.8 Å². The van der Waals surface area contributed by atoms with Gasteiger partial charge in [0.2, 0.25) is 0 Å². The van der Waals surface area contributed by atoms with Crippen molar-refractivity contribution in [3.8, 4) is 11.5 Å². The maximum atomic E-state index is 9.77. The van der Waals surface area contributed by atoms with Crippen LogP contribution in [0.4, 0.5) is 0 Å². The summed E-state index contributed by atoms with van der Waals surface area (Å²) in [7, 11) is 0. The fourth-order valence-corrected chi connectivity index (χ4v) is 1.42. The number of phenols is 2. The second-order valence-electron chi connectivity index (χ2n) is 4.11. The van der Waals surface area contributed by atoms with Crippen molar-refractivity contribution in [3.05, 3.63) is 66.6 Å². The van der Waals surface area contributed by atoms with Gasteiger partial charge in [0.1, 0.15) is 5.75 Å². The van der Waals surface area contributed by atoms with Crippen LogP contribution >= 0.6 is 0 Å². The Kier molecular flexibility index (Phi) is 10.4. The van der Waals surface area contributed by atoms with Gasteiger partial charge < -0.3 is 20.3 Å². The zero-order chi connectivity index (χ0) is 14.8. The van der Waals surface area contributed by atoms with E-state index in [9.17, 15) is 4.79 Å². The molecule has 0 aromatic heterocycles. The fraction of sp³-hybridized carbons (Fsp3) is 0.125. The average molecular weight is 360 g/mol. The van der Waals surface area contributed by atoms with Crippen LogP contribution in [-0.4, -0.2) is 23.2 Å². The molecular formula is C16H17NO3Y-2. The van der Waals surface area contributed by atoms with Crippen LogP contribution in [0.1, 0.15) is 11.1 Å². The van der Waals surface area contributed by atoms with E-state index in [0.717, 1.165) is 17.5 Å². The molecule has 109 valence electrons. The summed E-state index contributed by atoms with van der Waals surface area (Å²) in [5.41, 5.74) is 2.00. The minimum absolute atomic E-state index is 0. The first-order valence-electron chi connectivity index (χ1n) is 6.10. The van der Waals surface area contributed by atoms with Crippen molar-refractivity contribution in [1.29, 1.82) is 0 Å². The topological polar surface area (TPSA) is 69.6 Å². The molecule has 0 atom stereocenters. The largest absolute Gasteiger partial charge is 0.530 e. The predicted molar refractivity (Wildman–Crippen MR) is 78.1 cm³/mol. The number of phenolic OH excluding ortho intramolecular Hbond substituents is 2. The van der Waals surface area contributed by atoms with Crippen LogP contribution < -0.4 is 5.32 Å². The van der Waals surface area contributed by atoms with Crippen LogP contribution in [0.3, 0.4) is 0 Å². The Balaban J connectivity index is 0.000000390. The minimum Gasteiger partial charge on any atom is -0.530 e. The molecule has 0 unspecified atom stereocenters. The number of rotatable bonds is 4. The van der Waals surface area contributed by atoms with Crippen LogP contribution in [0.5, 0.6) is 11.5 Å².